The summed E-state index contributed by atoms with van der Waals surface area (Å²) in [6.45, 7) is 3.72. The molecule has 1 heteroatoms. The molecule has 0 spiro atoms. The zero-order chi connectivity index (χ0) is 9.52. The molecule has 0 unspecified atom stereocenters. The Morgan fingerprint density at radius 3 is 2.54 bits per heavy atom. The lowest BCUT2D eigenvalue weighted by Gasteiger charge is -1.98. The van der Waals surface area contributed by atoms with Crippen molar-refractivity contribution in [2.45, 2.75) is 6.42 Å². The SMILES string of the molecule is C=Cc1ccccc1C=CCC=O. The van der Waals surface area contributed by atoms with Crippen molar-refractivity contribution in [1.82, 2.24) is 0 Å². The maximum atomic E-state index is 10.1. The first-order valence-corrected chi connectivity index (χ1v) is 4.20. The lowest BCUT2D eigenvalue weighted by atomic mass is 10.1. The van der Waals surface area contributed by atoms with Crippen molar-refractivity contribution in [1.29, 1.82) is 0 Å². The first-order valence-electron chi connectivity index (χ1n) is 4.20. The van der Waals surface area contributed by atoms with Crippen LogP contribution < -0.4 is 0 Å². The van der Waals surface area contributed by atoms with E-state index in [1.807, 2.05) is 36.4 Å². The summed E-state index contributed by atoms with van der Waals surface area (Å²) >= 11 is 0. The number of allylic oxidation sites excluding steroid dienone is 1. The molecule has 0 heterocycles. The highest BCUT2D eigenvalue weighted by atomic mass is 16.1. The van der Waals surface area contributed by atoms with Crippen LogP contribution in [0.5, 0.6) is 0 Å². The quantitative estimate of drug-likeness (QED) is 0.638. The topological polar surface area (TPSA) is 17.1 Å². The van der Waals surface area contributed by atoms with Crippen molar-refractivity contribution in [3.63, 3.8) is 0 Å². The van der Waals surface area contributed by atoms with E-state index in [9.17, 15) is 4.79 Å². The van der Waals surface area contributed by atoms with E-state index in [0.717, 1.165) is 17.4 Å². The molecule has 0 N–H and O–H groups in total. The Balaban J connectivity index is 2.86. The number of benzene rings is 1. The molecule has 0 aliphatic carbocycles. The lowest BCUT2D eigenvalue weighted by Crippen LogP contribution is -1.78. The van der Waals surface area contributed by atoms with Crippen LogP contribution in [-0.2, 0) is 4.79 Å². The van der Waals surface area contributed by atoms with Gasteiger partial charge in [0.2, 0.25) is 0 Å². The zero-order valence-corrected chi connectivity index (χ0v) is 7.44. The van der Waals surface area contributed by atoms with Gasteiger partial charge >= 0.3 is 0 Å². The average molecular weight is 172 g/mol. The highest BCUT2D eigenvalue weighted by molar-refractivity contribution is 5.65. The summed E-state index contributed by atoms with van der Waals surface area (Å²) < 4.78 is 0. The number of carbonyl (C=O) groups is 1. The van der Waals surface area contributed by atoms with E-state index in [1.54, 1.807) is 6.08 Å². The first kappa shape index (κ1) is 9.46. The summed E-state index contributed by atoms with van der Waals surface area (Å²) in [6.07, 6.45) is 6.93. The second-order valence-electron chi connectivity index (χ2n) is 2.64. The summed E-state index contributed by atoms with van der Waals surface area (Å²) in [5.41, 5.74) is 2.18. The van der Waals surface area contributed by atoms with E-state index in [0.29, 0.717) is 6.42 Å². The third-order valence-corrected chi connectivity index (χ3v) is 1.75. The minimum absolute atomic E-state index is 0.464. The Morgan fingerprint density at radius 1 is 1.23 bits per heavy atom. The number of rotatable bonds is 4. The fourth-order valence-corrected chi connectivity index (χ4v) is 1.10. The molecule has 0 saturated heterocycles. The van der Waals surface area contributed by atoms with Gasteiger partial charge in [0, 0.05) is 6.42 Å². The van der Waals surface area contributed by atoms with Crippen LogP contribution in [0.4, 0.5) is 0 Å². The predicted molar refractivity (Wildman–Crippen MR) is 56.2 cm³/mol. The molecule has 13 heavy (non-hydrogen) atoms. The molecule has 0 atom stereocenters. The molecule has 0 aliphatic heterocycles. The van der Waals surface area contributed by atoms with Gasteiger partial charge in [-0.15, -0.1) is 0 Å². The molecule has 0 bridgehead atoms. The molecule has 0 aromatic heterocycles. The lowest BCUT2D eigenvalue weighted by molar-refractivity contribution is -0.107. The second kappa shape index (κ2) is 5.09. The third kappa shape index (κ3) is 2.71. The number of aldehydes is 1. The number of carbonyl (C=O) groups excluding carboxylic acids is 1. The second-order valence-corrected chi connectivity index (χ2v) is 2.64. The maximum absolute atomic E-state index is 10.1. The van der Waals surface area contributed by atoms with Crippen LogP contribution in [0, 0.1) is 0 Å². The van der Waals surface area contributed by atoms with Gasteiger partial charge in [-0.3, -0.25) is 0 Å². The van der Waals surface area contributed by atoms with Crippen molar-refractivity contribution < 1.29 is 4.79 Å². The van der Waals surface area contributed by atoms with Crippen LogP contribution in [0.25, 0.3) is 12.2 Å². The van der Waals surface area contributed by atoms with E-state index < -0.39 is 0 Å². The van der Waals surface area contributed by atoms with Crippen LogP contribution in [0.2, 0.25) is 0 Å². The van der Waals surface area contributed by atoms with Gasteiger partial charge in [0.15, 0.2) is 0 Å². The normalized spacial score (nSPS) is 10.2. The zero-order valence-electron chi connectivity index (χ0n) is 7.44. The largest absolute Gasteiger partial charge is 0.303 e. The van der Waals surface area contributed by atoms with Crippen LogP contribution in [0.3, 0.4) is 0 Å². The minimum atomic E-state index is 0.464. The fraction of sp³-hybridized carbons (Fsp3) is 0.0833. The fourth-order valence-electron chi connectivity index (χ4n) is 1.10. The van der Waals surface area contributed by atoms with Gasteiger partial charge in [0.25, 0.3) is 0 Å². The Kier molecular flexibility index (Phi) is 3.71. The maximum Gasteiger partial charge on any atom is 0.123 e. The molecule has 0 saturated carbocycles. The molecular weight excluding hydrogens is 160 g/mol. The van der Waals surface area contributed by atoms with Gasteiger partial charge in [-0.25, -0.2) is 0 Å². The highest BCUT2D eigenvalue weighted by Crippen LogP contribution is 2.11. The third-order valence-electron chi connectivity index (χ3n) is 1.75. The summed E-state index contributed by atoms with van der Waals surface area (Å²) in [6, 6.07) is 7.92. The van der Waals surface area contributed by atoms with Crippen LogP contribution in [0.1, 0.15) is 17.5 Å². The molecule has 0 aliphatic rings. The summed E-state index contributed by atoms with van der Waals surface area (Å²) in [7, 11) is 0. The average Bonchev–Trinajstić information content (AvgIpc) is 2.19. The smallest absolute Gasteiger partial charge is 0.123 e. The van der Waals surface area contributed by atoms with Gasteiger partial charge in [-0.1, -0.05) is 49.1 Å². The monoisotopic (exact) mass is 172 g/mol. The summed E-state index contributed by atoms with van der Waals surface area (Å²) in [4.78, 5) is 10.1. The van der Waals surface area contributed by atoms with Crippen molar-refractivity contribution in [2.75, 3.05) is 0 Å². The van der Waals surface area contributed by atoms with Crippen molar-refractivity contribution in [3.8, 4) is 0 Å². The van der Waals surface area contributed by atoms with Crippen molar-refractivity contribution >= 4 is 18.4 Å². The number of hydrogen-bond acceptors (Lipinski definition) is 1. The molecule has 0 fully saturated rings. The van der Waals surface area contributed by atoms with E-state index in [-0.39, 0.29) is 0 Å². The van der Waals surface area contributed by atoms with Gasteiger partial charge in [-0.2, -0.15) is 0 Å². The molecule has 1 aromatic carbocycles. The molecule has 66 valence electrons. The molecule has 0 amide bonds. The Hall–Kier alpha value is -1.63. The standard InChI is InChI=1S/C12H12O/c1-2-11-7-3-4-8-12(11)9-5-6-10-13/h2-5,7-10H,1,6H2. The number of hydrogen-bond donors (Lipinski definition) is 0. The summed E-state index contributed by atoms with van der Waals surface area (Å²) in [5.74, 6) is 0. The Morgan fingerprint density at radius 2 is 1.92 bits per heavy atom. The Labute approximate surface area is 78.4 Å². The first-order chi connectivity index (χ1) is 6.38. The predicted octanol–water partition coefficient (Wildman–Crippen LogP) is 2.93. The van der Waals surface area contributed by atoms with Gasteiger partial charge in [0.05, 0.1) is 0 Å². The molecule has 1 rings (SSSR count). The van der Waals surface area contributed by atoms with E-state index in [4.69, 9.17) is 0 Å². The molecule has 0 radical (unpaired) electrons. The molecule has 1 aromatic rings. The van der Waals surface area contributed by atoms with Gasteiger partial charge in [0.1, 0.15) is 6.29 Å². The van der Waals surface area contributed by atoms with E-state index in [2.05, 4.69) is 6.58 Å². The van der Waals surface area contributed by atoms with Crippen LogP contribution in [-0.4, -0.2) is 6.29 Å². The molecular formula is C12H12O. The van der Waals surface area contributed by atoms with Crippen LogP contribution in [0.15, 0.2) is 36.9 Å². The van der Waals surface area contributed by atoms with Crippen molar-refractivity contribution in [3.05, 3.63) is 48.0 Å². The molecule has 1 nitrogen and oxygen atoms in total. The van der Waals surface area contributed by atoms with Crippen molar-refractivity contribution in [2.24, 2.45) is 0 Å². The van der Waals surface area contributed by atoms with Crippen LogP contribution >= 0.6 is 0 Å². The van der Waals surface area contributed by atoms with E-state index >= 15 is 0 Å². The van der Waals surface area contributed by atoms with Gasteiger partial charge in [-0.05, 0) is 11.1 Å². The summed E-state index contributed by atoms with van der Waals surface area (Å²) in [5, 5.41) is 0. The highest BCUT2D eigenvalue weighted by Gasteiger charge is 1.91. The minimum Gasteiger partial charge on any atom is -0.303 e. The Bertz CT molecular complexity index is 324. The van der Waals surface area contributed by atoms with E-state index in [1.165, 1.54) is 0 Å². The van der Waals surface area contributed by atoms with Gasteiger partial charge < -0.3 is 4.79 Å².